The summed E-state index contributed by atoms with van der Waals surface area (Å²) in [5.74, 6) is 0.947. The second-order valence-corrected chi connectivity index (χ2v) is 10.4. The second-order valence-electron chi connectivity index (χ2n) is 10.4. The fraction of sp³-hybridized carbons (Fsp3) is 0.548. The van der Waals surface area contributed by atoms with Gasteiger partial charge in [0.15, 0.2) is 0 Å². The standard InChI is InChI=1S/C31H42O/c1-3-5-6-7-8-9-25-32-29-16-12-27(13-17-29)26-10-14-28(15-11-26)31-22-19-30(18-4-2,20-23-31)21-24-31/h8-17H,3-7,18-25H2,1-2H3/b9-8+. The van der Waals surface area contributed by atoms with Crippen molar-refractivity contribution in [2.75, 3.05) is 6.61 Å². The van der Waals surface area contributed by atoms with Crippen molar-refractivity contribution >= 4 is 0 Å². The SMILES string of the molecule is CCCCC/C=C/COc1ccc(-c2ccc(C34CCC(CCC)(CC3)CC4)cc2)cc1. The summed E-state index contributed by atoms with van der Waals surface area (Å²) in [6.07, 6.45) is 20.7. The smallest absolute Gasteiger partial charge is 0.119 e. The van der Waals surface area contributed by atoms with Crippen LogP contribution in [-0.4, -0.2) is 6.61 Å². The van der Waals surface area contributed by atoms with Gasteiger partial charge in [-0.25, -0.2) is 0 Å². The molecule has 32 heavy (non-hydrogen) atoms. The zero-order valence-corrected chi connectivity index (χ0v) is 20.4. The van der Waals surface area contributed by atoms with Gasteiger partial charge >= 0.3 is 0 Å². The van der Waals surface area contributed by atoms with Crippen LogP contribution < -0.4 is 4.74 Å². The van der Waals surface area contributed by atoms with Crippen molar-refractivity contribution in [1.29, 1.82) is 0 Å². The van der Waals surface area contributed by atoms with E-state index in [-0.39, 0.29) is 0 Å². The first-order valence-corrected chi connectivity index (χ1v) is 13.2. The van der Waals surface area contributed by atoms with Crippen molar-refractivity contribution in [3.63, 3.8) is 0 Å². The van der Waals surface area contributed by atoms with Gasteiger partial charge in [-0.3, -0.25) is 0 Å². The van der Waals surface area contributed by atoms with E-state index < -0.39 is 0 Å². The molecule has 2 aromatic rings. The van der Waals surface area contributed by atoms with Crippen molar-refractivity contribution in [2.45, 2.75) is 96.3 Å². The monoisotopic (exact) mass is 430 g/mol. The normalized spacial score (nSPS) is 24.8. The lowest BCUT2D eigenvalue weighted by molar-refractivity contribution is 0.0320. The molecule has 0 amide bonds. The molecule has 0 atom stereocenters. The van der Waals surface area contributed by atoms with E-state index in [0.717, 1.165) is 12.2 Å². The first-order chi connectivity index (χ1) is 15.7. The summed E-state index contributed by atoms with van der Waals surface area (Å²) in [4.78, 5) is 0. The maximum Gasteiger partial charge on any atom is 0.119 e. The first kappa shape index (κ1) is 23.1. The van der Waals surface area contributed by atoms with Crippen molar-refractivity contribution in [2.24, 2.45) is 5.41 Å². The van der Waals surface area contributed by atoms with E-state index in [1.54, 1.807) is 5.56 Å². The molecule has 3 aliphatic carbocycles. The van der Waals surface area contributed by atoms with Crippen LogP contribution in [0.1, 0.15) is 96.5 Å². The molecule has 5 rings (SSSR count). The largest absolute Gasteiger partial charge is 0.490 e. The maximum absolute atomic E-state index is 5.87. The number of allylic oxidation sites excluding steroid dienone is 1. The summed E-state index contributed by atoms with van der Waals surface area (Å²) in [6.45, 7) is 5.25. The van der Waals surface area contributed by atoms with Gasteiger partial charge in [0.1, 0.15) is 12.4 Å². The number of fused-ring (bicyclic) bond motifs is 3. The summed E-state index contributed by atoms with van der Waals surface area (Å²) in [6, 6.07) is 18.1. The van der Waals surface area contributed by atoms with Gasteiger partial charge in [-0.1, -0.05) is 81.7 Å². The Labute approximate surface area is 196 Å². The molecule has 0 N–H and O–H groups in total. The lowest BCUT2D eigenvalue weighted by atomic mass is 9.51. The molecule has 172 valence electrons. The van der Waals surface area contributed by atoms with Crippen LogP contribution in [0.15, 0.2) is 60.7 Å². The van der Waals surface area contributed by atoms with Crippen LogP contribution in [0.5, 0.6) is 5.75 Å². The zero-order valence-electron chi connectivity index (χ0n) is 20.4. The van der Waals surface area contributed by atoms with Gasteiger partial charge in [0.2, 0.25) is 0 Å². The lowest BCUT2D eigenvalue weighted by Crippen LogP contribution is -2.44. The van der Waals surface area contributed by atoms with Gasteiger partial charge in [-0.15, -0.1) is 0 Å². The van der Waals surface area contributed by atoms with E-state index in [2.05, 4.69) is 74.5 Å². The molecule has 1 nitrogen and oxygen atoms in total. The van der Waals surface area contributed by atoms with Gasteiger partial charge in [0.25, 0.3) is 0 Å². The number of benzene rings is 2. The molecule has 0 aromatic heterocycles. The first-order valence-electron chi connectivity index (χ1n) is 13.2. The fourth-order valence-electron chi connectivity index (χ4n) is 6.20. The Morgan fingerprint density at radius 1 is 0.719 bits per heavy atom. The average Bonchev–Trinajstić information content (AvgIpc) is 2.85. The number of unbranched alkanes of at least 4 members (excludes halogenated alkanes) is 3. The Kier molecular flexibility index (Phi) is 7.76. The Balaban J connectivity index is 1.32. The van der Waals surface area contributed by atoms with E-state index in [0.29, 0.717) is 17.4 Å². The Morgan fingerprint density at radius 2 is 1.34 bits per heavy atom. The molecule has 2 bridgehead atoms. The van der Waals surface area contributed by atoms with E-state index in [1.807, 2.05) is 0 Å². The molecule has 0 aliphatic heterocycles. The van der Waals surface area contributed by atoms with Crippen LogP contribution in [-0.2, 0) is 5.41 Å². The number of rotatable bonds is 11. The molecular weight excluding hydrogens is 388 g/mol. The van der Waals surface area contributed by atoms with Crippen molar-refractivity contribution in [3.05, 3.63) is 66.2 Å². The van der Waals surface area contributed by atoms with Gasteiger partial charge in [0, 0.05) is 0 Å². The minimum atomic E-state index is 0.454. The minimum Gasteiger partial charge on any atom is -0.490 e. The van der Waals surface area contributed by atoms with Gasteiger partial charge < -0.3 is 4.74 Å². The molecular formula is C31H42O. The molecule has 0 spiro atoms. The predicted molar refractivity (Wildman–Crippen MR) is 137 cm³/mol. The van der Waals surface area contributed by atoms with E-state index in [4.69, 9.17) is 4.74 Å². The Hall–Kier alpha value is -2.02. The van der Waals surface area contributed by atoms with Gasteiger partial charge in [-0.2, -0.15) is 0 Å². The summed E-state index contributed by atoms with van der Waals surface area (Å²) in [5.41, 5.74) is 5.29. The molecule has 2 aromatic carbocycles. The van der Waals surface area contributed by atoms with Crippen molar-refractivity contribution < 1.29 is 4.74 Å². The molecule has 1 heteroatoms. The van der Waals surface area contributed by atoms with Crippen molar-refractivity contribution in [1.82, 2.24) is 0 Å². The van der Waals surface area contributed by atoms with E-state index in [9.17, 15) is 0 Å². The van der Waals surface area contributed by atoms with Crippen LogP contribution in [0.4, 0.5) is 0 Å². The van der Waals surface area contributed by atoms with Crippen LogP contribution in [0, 0.1) is 5.41 Å². The molecule has 3 aliphatic rings. The summed E-state index contributed by atoms with van der Waals surface area (Å²) in [7, 11) is 0. The molecule has 0 saturated heterocycles. The van der Waals surface area contributed by atoms with Crippen LogP contribution in [0.3, 0.4) is 0 Å². The summed E-state index contributed by atoms with van der Waals surface area (Å²) >= 11 is 0. The maximum atomic E-state index is 5.87. The highest BCUT2D eigenvalue weighted by atomic mass is 16.5. The number of hydrogen-bond donors (Lipinski definition) is 0. The second kappa shape index (κ2) is 10.7. The Bertz CT molecular complexity index is 834. The topological polar surface area (TPSA) is 9.23 Å². The third kappa shape index (κ3) is 5.30. The molecule has 0 radical (unpaired) electrons. The third-order valence-corrected chi connectivity index (χ3v) is 8.35. The highest BCUT2D eigenvalue weighted by Gasteiger charge is 2.48. The summed E-state index contributed by atoms with van der Waals surface area (Å²) in [5, 5.41) is 0. The fourth-order valence-corrected chi connectivity index (χ4v) is 6.20. The average molecular weight is 431 g/mol. The van der Waals surface area contributed by atoms with E-state index in [1.165, 1.54) is 81.8 Å². The lowest BCUT2D eigenvalue weighted by Gasteiger charge is -2.54. The summed E-state index contributed by atoms with van der Waals surface area (Å²) < 4.78 is 5.87. The minimum absolute atomic E-state index is 0.454. The predicted octanol–water partition coefficient (Wildman–Crippen LogP) is 9.26. The quantitative estimate of drug-likeness (QED) is 0.255. The van der Waals surface area contributed by atoms with Gasteiger partial charge in [0.05, 0.1) is 0 Å². The van der Waals surface area contributed by atoms with Crippen LogP contribution in [0.25, 0.3) is 11.1 Å². The number of ether oxygens (including phenoxy) is 1. The Morgan fingerprint density at radius 3 is 1.94 bits per heavy atom. The highest BCUT2D eigenvalue weighted by molar-refractivity contribution is 5.64. The molecule has 0 heterocycles. The van der Waals surface area contributed by atoms with Crippen LogP contribution in [0.2, 0.25) is 0 Å². The van der Waals surface area contributed by atoms with Crippen LogP contribution >= 0.6 is 0 Å². The zero-order chi connectivity index (χ0) is 22.3. The van der Waals surface area contributed by atoms with Gasteiger partial charge in [-0.05, 0) is 97.4 Å². The van der Waals surface area contributed by atoms with Crippen molar-refractivity contribution in [3.8, 4) is 16.9 Å². The third-order valence-electron chi connectivity index (χ3n) is 8.35. The molecule has 3 fully saturated rings. The van der Waals surface area contributed by atoms with E-state index >= 15 is 0 Å². The number of hydrogen-bond acceptors (Lipinski definition) is 1. The highest BCUT2D eigenvalue weighted by Crippen LogP contribution is 2.59. The molecule has 0 unspecified atom stereocenters. The molecule has 3 saturated carbocycles.